The summed E-state index contributed by atoms with van der Waals surface area (Å²) in [6.07, 6.45) is 4.44. The fraction of sp³-hybridized carbons (Fsp3) is 0.316. The van der Waals surface area contributed by atoms with Crippen molar-refractivity contribution in [1.82, 2.24) is 19.9 Å². The van der Waals surface area contributed by atoms with Crippen molar-refractivity contribution in [1.29, 1.82) is 0 Å². The number of nitrogens with zero attached hydrogens (tertiary/aromatic N) is 3. The van der Waals surface area contributed by atoms with E-state index in [-0.39, 0.29) is 17.8 Å². The van der Waals surface area contributed by atoms with Gasteiger partial charge in [-0.15, -0.1) is 0 Å². The Morgan fingerprint density at radius 3 is 3.04 bits per heavy atom. The highest BCUT2D eigenvalue weighted by molar-refractivity contribution is 5.95. The van der Waals surface area contributed by atoms with Crippen molar-refractivity contribution < 1.29 is 9.18 Å². The average molecular weight is 353 g/mol. The molecule has 7 heteroatoms. The van der Waals surface area contributed by atoms with Gasteiger partial charge in [-0.3, -0.25) is 4.79 Å². The summed E-state index contributed by atoms with van der Waals surface area (Å²) in [6.45, 7) is 0.673. The third kappa shape index (κ3) is 3.00. The predicted molar refractivity (Wildman–Crippen MR) is 97.5 cm³/mol. The number of halogens is 1. The van der Waals surface area contributed by atoms with Gasteiger partial charge >= 0.3 is 0 Å². The third-order valence-corrected chi connectivity index (χ3v) is 4.80. The standard InChI is InChI=1S/C19H20FN5O/c1-21-17-10-12(7-8-22-17)19(26)25-9-3-2-4-16(25)18-23-14-6-5-13(20)11-15(14)24-18/h5-8,10-11,16H,2-4,9H2,1H3,(H,21,22)(H,23,24)/t16-/m1/s1. The average Bonchev–Trinajstić information content (AvgIpc) is 3.10. The molecule has 6 nitrogen and oxygen atoms in total. The van der Waals surface area contributed by atoms with Gasteiger partial charge in [-0.2, -0.15) is 0 Å². The minimum absolute atomic E-state index is 0.0414. The van der Waals surface area contributed by atoms with E-state index >= 15 is 0 Å². The number of nitrogens with one attached hydrogen (secondary N) is 2. The second-order valence-corrected chi connectivity index (χ2v) is 6.47. The summed E-state index contributed by atoms with van der Waals surface area (Å²) < 4.78 is 13.5. The number of amides is 1. The summed E-state index contributed by atoms with van der Waals surface area (Å²) in [5, 5.41) is 2.96. The number of carbonyl (C=O) groups is 1. The molecule has 0 bridgehead atoms. The van der Waals surface area contributed by atoms with Crippen molar-refractivity contribution in [2.24, 2.45) is 0 Å². The molecule has 4 rings (SSSR count). The molecule has 1 amide bonds. The number of likely N-dealkylation sites (tertiary alicyclic amines) is 1. The summed E-state index contributed by atoms with van der Waals surface area (Å²) in [6, 6.07) is 7.82. The molecule has 2 N–H and O–H groups in total. The molecular formula is C19H20FN5O. The Bertz CT molecular complexity index is 954. The number of hydrogen-bond donors (Lipinski definition) is 2. The van der Waals surface area contributed by atoms with Crippen molar-refractivity contribution in [2.45, 2.75) is 25.3 Å². The van der Waals surface area contributed by atoms with Gasteiger partial charge in [0, 0.05) is 25.4 Å². The number of carbonyl (C=O) groups excluding carboxylic acids is 1. The Kier molecular flexibility index (Phi) is 4.28. The van der Waals surface area contributed by atoms with Crippen LogP contribution >= 0.6 is 0 Å². The summed E-state index contributed by atoms with van der Waals surface area (Å²) >= 11 is 0. The molecule has 3 aromatic rings. The minimum Gasteiger partial charge on any atom is -0.373 e. The lowest BCUT2D eigenvalue weighted by Gasteiger charge is -2.34. The molecule has 134 valence electrons. The van der Waals surface area contributed by atoms with E-state index in [0.717, 1.165) is 19.3 Å². The number of imidazole rings is 1. The fourth-order valence-electron chi connectivity index (χ4n) is 3.48. The Labute approximate surface area is 150 Å². The molecule has 0 aliphatic carbocycles. The van der Waals surface area contributed by atoms with Gasteiger partial charge in [-0.1, -0.05) is 0 Å². The van der Waals surface area contributed by atoms with Crippen LogP contribution < -0.4 is 5.32 Å². The first kappa shape index (κ1) is 16.5. The number of piperidine rings is 1. The van der Waals surface area contributed by atoms with Crippen molar-refractivity contribution in [3.63, 3.8) is 0 Å². The predicted octanol–water partition coefficient (Wildman–Crippen LogP) is 3.51. The van der Waals surface area contributed by atoms with Crippen LogP contribution in [0.15, 0.2) is 36.5 Å². The first-order valence-corrected chi connectivity index (χ1v) is 8.75. The molecule has 26 heavy (non-hydrogen) atoms. The summed E-state index contributed by atoms with van der Waals surface area (Å²) in [5.41, 5.74) is 1.96. The Morgan fingerprint density at radius 2 is 2.19 bits per heavy atom. The van der Waals surface area contributed by atoms with Crippen LogP contribution in [0, 0.1) is 5.82 Å². The quantitative estimate of drug-likeness (QED) is 0.756. The van der Waals surface area contributed by atoms with Crippen LogP contribution in [-0.4, -0.2) is 39.4 Å². The Morgan fingerprint density at radius 1 is 1.31 bits per heavy atom. The van der Waals surface area contributed by atoms with Gasteiger partial charge in [0.15, 0.2) is 0 Å². The monoisotopic (exact) mass is 353 g/mol. The van der Waals surface area contributed by atoms with E-state index in [1.807, 2.05) is 4.90 Å². The fourth-order valence-corrected chi connectivity index (χ4v) is 3.48. The topological polar surface area (TPSA) is 73.9 Å². The van der Waals surface area contributed by atoms with Crippen LogP contribution in [-0.2, 0) is 0 Å². The van der Waals surface area contributed by atoms with Crippen molar-refractivity contribution in [2.75, 3.05) is 18.9 Å². The number of rotatable bonds is 3. The number of H-pyrrole nitrogens is 1. The highest BCUT2D eigenvalue weighted by Crippen LogP contribution is 2.32. The van der Waals surface area contributed by atoms with Crippen LogP contribution in [0.5, 0.6) is 0 Å². The number of fused-ring (bicyclic) bond motifs is 1. The molecule has 0 unspecified atom stereocenters. The molecule has 0 spiro atoms. The van der Waals surface area contributed by atoms with Crippen molar-refractivity contribution in [3.8, 4) is 0 Å². The van der Waals surface area contributed by atoms with E-state index in [0.29, 0.717) is 34.8 Å². The molecule has 1 atom stereocenters. The van der Waals surface area contributed by atoms with Gasteiger partial charge in [0.2, 0.25) is 0 Å². The van der Waals surface area contributed by atoms with Gasteiger partial charge in [0.1, 0.15) is 17.5 Å². The summed E-state index contributed by atoms with van der Waals surface area (Å²) in [4.78, 5) is 26.9. The lowest BCUT2D eigenvalue weighted by atomic mass is 10.0. The molecule has 1 aromatic carbocycles. The lowest BCUT2D eigenvalue weighted by Crippen LogP contribution is -2.39. The van der Waals surface area contributed by atoms with E-state index < -0.39 is 0 Å². The van der Waals surface area contributed by atoms with Crippen LogP contribution in [0.1, 0.15) is 41.5 Å². The molecule has 1 aliphatic heterocycles. The lowest BCUT2D eigenvalue weighted by molar-refractivity contribution is 0.0601. The summed E-state index contributed by atoms with van der Waals surface area (Å²) in [5.74, 6) is 1.02. The van der Waals surface area contributed by atoms with Crippen molar-refractivity contribution in [3.05, 3.63) is 53.7 Å². The maximum Gasteiger partial charge on any atom is 0.254 e. The van der Waals surface area contributed by atoms with Crippen molar-refractivity contribution >= 4 is 22.8 Å². The van der Waals surface area contributed by atoms with E-state index in [4.69, 9.17) is 0 Å². The highest BCUT2D eigenvalue weighted by atomic mass is 19.1. The molecule has 1 saturated heterocycles. The number of benzene rings is 1. The highest BCUT2D eigenvalue weighted by Gasteiger charge is 2.31. The molecule has 3 heterocycles. The largest absolute Gasteiger partial charge is 0.373 e. The first-order chi connectivity index (χ1) is 12.7. The number of hydrogen-bond acceptors (Lipinski definition) is 4. The van der Waals surface area contributed by atoms with Crippen LogP contribution in [0.4, 0.5) is 10.2 Å². The number of pyridine rings is 1. The van der Waals surface area contributed by atoms with E-state index in [1.165, 1.54) is 12.1 Å². The van der Waals surface area contributed by atoms with Gasteiger partial charge in [0.25, 0.3) is 5.91 Å². The van der Waals surface area contributed by atoms with Crippen LogP contribution in [0.3, 0.4) is 0 Å². The first-order valence-electron chi connectivity index (χ1n) is 8.75. The zero-order valence-corrected chi connectivity index (χ0v) is 14.5. The Hall–Kier alpha value is -2.96. The van der Waals surface area contributed by atoms with Gasteiger partial charge in [-0.05, 0) is 49.6 Å². The molecular weight excluding hydrogens is 333 g/mol. The zero-order chi connectivity index (χ0) is 18.1. The van der Waals surface area contributed by atoms with E-state index in [2.05, 4.69) is 20.3 Å². The van der Waals surface area contributed by atoms with Gasteiger partial charge in [0.05, 0.1) is 17.1 Å². The molecule has 1 aliphatic rings. The molecule has 0 radical (unpaired) electrons. The van der Waals surface area contributed by atoms with Crippen LogP contribution in [0.2, 0.25) is 0 Å². The normalized spacial score (nSPS) is 17.5. The maximum absolute atomic E-state index is 13.5. The second kappa shape index (κ2) is 6.74. The third-order valence-electron chi connectivity index (χ3n) is 4.80. The van der Waals surface area contributed by atoms with E-state index in [9.17, 15) is 9.18 Å². The number of anilines is 1. The van der Waals surface area contributed by atoms with E-state index in [1.54, 1.807) is 31.4 Å². The smallest absolute Gasteiger partial charge is 0.254 e. The van der Waals surface area contributed by atoms with Crippen LogP contribution in [0.25, 0.3) is 11.0 Å². The molecule has 2 aromatic heterocycles. The summed E-state index contributed by atoms with van der Waals surface area (Å²) in [7, 11) is 1.77. The number of aromatic amines is 1. The zero-order valence-electron chi connectivity index (χ0n) is 14.5. The SMILES string of the molecule is CNc1cc(C(=O)N2CCCC[C@@H]2c2nc3ccc(F)cc3[nH]2)ccn1. The van der Waals surface area contributed by atoms with Gasteiger partial charge < -0.3 is 15.2 Å². The molecule has 1 fully saturated rings. The Balaban J connectivity index is 1.67. The number of aromatic nitrogens is 3. The molecule has 0 saturated carbocycles. The minimum atomic E-state index is -0.305. The van der Waals surface area contributed by atoms with Gasteiger partial charge in [-0.25, -0.2) is 14.4 Å². The maximum atomic E-state index is 13.5. The second-order valence-electron chi connectivity index (χ2n) is 6.47.